The Balaban J connectivity index is 1.89. The van der Waals surface area contributed by atoms with Crippen LogP contribution >= 0.6 is 0 Å². The van der Waals surface area contributed by atoms with Crippen molar-refractivity contribution in [3.05, 3.63) is 29.8 Å². The topological polar surface area (TPSA) is 75.3 Å². The Bertz CT molecular complexity index is 613. The second-order valence-corrected chi connectivity index (χ2v) is 7.80. The van der Waals surface area contributed by atoms with Crippen molar-refractivity contribution in [1.82, 2.24) is 5.32 Å². The van der Waals surface area contributed by atoms with E-state index in [1.54, 1.807) is 0 Å². The number of amides is 1. The van der Waals surface area contributed by atoms with Gasteiger partial charge in [0.25, 0.3) is 0 Å². The number of rotatable bonds is 4. The van der Waals surface area contributed by atoms with Crippen molar-refractivity contribution >= 4 is 21.4 Å². The van der Waals surface area contributed by atoms with E-state index in [1.807, 2.05) is 38.1 Å². The van der Waals surface area contributed by atoms with Gasteiger partial charge < -0.3 is 10.6 Å². The molecule has 1 aliphatic rings. The van der Waals surface area contributed by atoms with Gasteiger partial charge in [0, 0.05) is 11.2 Å². The minimum absolute atomic E-state index is 0.0949. The molecule has 1 amide bonds. The number of sulfone groups is 1. The standard InChI is InChI=1S/C14H20N2O3S/c1-11-5-3-4-6-12(11)16-13(17)9-15-14(2)7-8-20(18,19)10-14/h3-6,15H,7-10H2,1-2H3,(H,16,17). The van der Waals surface area contributed by atoms with E-state index in [1.165, 1.54) is 0 Å². The molecule has 0 spiro atoms. The van der Waals surface area contributed by atoms with Crippen LogP contribution in [-0.2, 0) is 14.6 Å². The van der Waals surface area contributed by atoms with Crippen LogP contribution in [0, 0.1) is 6.92 Å². The number of hydrogen-bond acceptors (Lipinski definition) is 4. The van der Waals surface area contributed by atoms with Crippen LogP contribution in [0.5, 0.6) is 0 Å². The Morgan fingerprint density at radius 3 is 2.65 bits per heavy atom. The third-order valence-corrected chi connectivity index (χ3v) is 5.50. The highest BCUT2D eigenvalue weighted by Gasteiger charge is 2.38. The van der Waals surface area contributed by atoms with Crippen LogP contribution in [0.1, 0.15) is 18.9 Å². The predicted octanol–water partition coefficient (Wildman–Crippen LogP) is 1.10. The molecule has 0 radical (unpaired) electrons. The molecule has 1 aromatic carbocycles. The summed E-state index contributed by atoms with van der Waals surface area (Å²) in [6.45, 7) is 3.88. The highest BCUT2D eigenvalue weighted by molar-refractivity contribution is 7.91. The van der Waals surface area contributed by atoms with Crippen molar-refractivity contribution in [3.8, 4) is 0 Å². The summed E-state index contributed by atoms with van der Waals surface area (Å²) in [5.41, 5.74) is 1.28. The van der Waals surface area contributed by atoms with Gasteiger partial charge in [-0.2, -0.15) is 0 Å². The molecule has 1 unspecified atom stereocenters. The molecule has 0 bridgehead atoms. The summed E-state index contributed by atoms with van der Waals surface area (Å²) in [7, 11) is -2.96. The Morgan fingerprint density at radius 2 is 2.05 bits per heavy atom. The number of carbonyl (C=O) groups excluding carboxylic acids is 1. The van der Waals surface area contributed by atoms with Crippen molar-refractivity contribution in [2.45, 2.75) is 25.8 Å². The average molecular weight is 296 g/mol. The average Bonchev–Trinajstić information content (AvgIpc) is 2.65. The minimum Gasteiger partial charge on any atom is -0.325 e. The number of benzene rings is 1. The fourth-order valence-corrected chi connectivity index (χ4v) is 4.47. The van der Waals surface area contributed by atoms with Crippen molar-refractivity contribution in [1.29, 1.82) is 0 Å². The predicted molar refractivity (Wildman–Crippen MR) is 79.5 cm³/mol. The number of para-hydroxylation sites is 1. The van der Waals surface area contributed by atoms with E-state index < -0.39 is 15.4 Å². The zero-order valence-electron chi connectivity index (χ0n) is 11.8. The molecular formula is C14H20N2O3S. The van der Waals surface area contributed by atoms with Gasteiger partial charge in [-0.05, 0) is 31.9 Å². The summed E-state index contributed by atoms with van der Waals surface area (Å²) in [4.78, 5) is 11.9. The molecule has 5 nitrogen and oxygen atoms in total. The molecule has 1 fully saturated rings. The molecule has 1 aromatic rings. The fraction of sp³-hybridized carbons (Fsp3) is 0.500. The summed E-state index contributed by atoms with van der Waals surface area (Å²) < 4.78 is 23.0. The van der Waals surface area contributed by atoms with Gasteiger partial charge in [-0.25, -0.2) is 8.42 Å². The summed E-state index contributed by atoms with van der Waals surface area (Å²) in [6.07, 6.45) is 0.549. The van der Waals surface area contributed by atoms with Gasteiger partial charge in [0.15, 0.2) is 9.84 Å². The van der Waals surface area contributed by atoms with E-state index in [-0.39, 0.29) is 24.0 Å². The Labute approximate surface area is 119 Å². The number of carbonyl (C=O) groups is 1. The summed E-state index contributed by atoms with van der Waals surface area (Å²) >= 11 is 0. The molecule has 20 heavy (non-hydrogen) atoms. The second-order valence-electron chi connectivity index (χ2n) is 5.62. The molecule has 1 saturated heterocycles. The number of hydrogen-bond donors (Lipinski definition) is 2. The molecule has 0 saturated carbocycles. The first kappa shape index (κ1) is 15.0. The minimum atomic E-state index is -2.96. The molecule has 0 aromatic heterocycles. The van der Waals surface area contributed by atoms with E-state index in [0.29, 0.717) is 6.42 Å². The smallest absolute Gasteiger partial charge is 0.238 e. The fourth-order valence-electron chi connectivity index (χ4n) is 2.35. The van der Waals surface area contributed by atoms with Gasteiger partial charge in [-0.15, -0.1) is 0 Å². The molecule has 110 valence electrons. The Kier molecular flexibility index (Phi) is 4.15. The van der Waals surface area contributed by atoms with Crippen LogP contribution in [0.15, 0.2) is 24.3 Å². The maximum absolute atomic E-state index is 11.9. The third-order valence-electron chi connectivity index (χ3n) is 3.60. The molecule has 6 heteroatoms. The maximum atomic E-state index is 11.9. The van der Waals surface area contributed by atoms with E-state index in [4.69, 9.17) is 0 Å². The molecule has 1 aliphatic heterocycles. The SMILES string of the molecule is Cc1ccccc1NC(=O)CNC1(C)CCS(=O)(=O)C1. The van der Waals surface area contributed by atoms with Gasteiger partial charge >= 0.3 is 0 Å². The highest BCUT2D eigenvalue weighted by atomic mass is 32.2. The lowest BCUT2D eigenvalue weighted by Crippen LogP contribution is -2.46. The van der Waals surface area contributed by atoms with E-state index >= 15 is 0 Å². The molecular weight excluding hydrogens is 276 g/mol. The lowest BCUT2D eigenvalue weighted by molar-refractivity contribution is -0.115. The zero-order valence-corrected chi connectivity index (χ0v) is 12.6. The lowest BCUT2D eigenvalue weighted by Gasteiger charge is -2.23. The van der Waals surface area contributed by atoms with Crippen LogP contribution in [0.2, 0.25) is 0 Å². The Morgan fingerprint density at radius 1 is 1.35 bits per heavy atom. The van der Waals surface area contributed by atoms with Gasteiger partial charge in [-0.3, -0.25) is 4.79 Å². The van der Waals surface area contributed by atoms with Crippen LogP contribution in [0.3, 0.4) is 0 Å². The van der Waals surface area contributed by atoms with Crippen LogP contribution in [0.25, 0.3) is 0 Å². The van der Waals surface area contributed by atoms with Crippen LogP contribution < -0.4 is 10.6 Å². The molecule has 2 rings (SSSR count). The van der Waals surface area contributed by atoms with Crippen LogP contribution in [-0.4, -0.2) is 37.9 Å². The zero-order chi connectivity index (χ0) is 14.8. The van der Waals surface area contributed by atoms with E-state index in [2.05, 4.69) is 10.6 Å². The second kappa shape index (κ2) is 5.54. The summed E-state index contributed by atoms with van der Waals surface area (Å²) in [5.74, 6) is 0.123. The maximum Gasteiger partial charge on any atom is 0.238 e. The lowest BCUT2D eigenvalue weighted by atomic mass is 10.0. The largest absolute Gasteiger partial charge is 0.325 e. The third kappa shape index (κ3) is 3.80. The van der Waals surface area contributed by atoms with Crippen molar-refractivity contribution in [2.75, 3.05) is 23.4 Å². The summed E-state index contributed by atoms with van der Waals surface area (Å²) in [6, 6.07) is 7.54. The summed E-state index contributed by atoms with van der Waals surface area (Å²) in [5, 5.41) is 5.88. The van der Waals surface area contributed by atoms with Gasteiger partial charge in [0.1, 0.15) is 0 Å². The monoisotopic (exact) mass is 296 g/mol. The molecule has 0 aliphatic carbocycles. The molecule has 1 atom stereocenters. The first-order valence-electron chi connectivity index (χ1n) is 6.61. The van der Waals surface area contributed by atoms with Gasteiger partial charge in [-0.1, -0.05) is 18.2 Å². The van der Waals surface area contributed by atoms with E-state index in [0.717, 1.165) is 11.3 Å². The van der Waals surface area contributed by atoms with Crippen molar-refractivity contribution < 1.29 is 13.2 Å². The molecule has 2 N–H and O–H groups in total. The quantitative estimate of drug-likeness (QED) is 0.872. The van der Waals surface area contributed by atoms with Crippen molar-refractivity contribution in [3.63, 3.8) is 0 Å². The van der Waals surface area contributed by atoms with Crippen molar-refractivity contribution in [2.24, 2.45) is 0 Å². The molecule has 1 heterocycles. The number of anilines is 1. The highest BCUT2D eigenvalue weighted by Crippen LogP contribution is 2.22. The van der Waals surface area contributed by atoms with E-state index in [9.17, 15) is 13.2 Å². The first-order chi connectivity index (χ1) is 9.30. The first-order valence-corrected chi connectivity index (χ1v) is 8.43. The van der Waals surface area contributed by atoms with Crippen LogP contribution in [0.4, 0.5) is 5.69 Å². The normalized spacial score (nSPS) is 24.5. The Hall–Kier alpha value is -1.40. The van der Waals surface area contributed by atoms with Gasteiger partial charge in [0.2, 0.25) is 5.91 Å². The number of aryl methyl sites for hydroxylation is 1. The number of nitrogens with one attached hydrogen (secondary N) is 2. The van der Waals surface area contributed by atoms with Gasteiger partial charge in [0.05, 0.1) is 18.1 Å².